The maximum absolute atomic E-state index is 10.6. The molecular formula is C7H14O2Si. The highest BCUT2D eigenvalue weighted by Gasteiger charge is 2.06. The molecule has 0 aliphatic rings. The molecule has 0 amide bonds. The smallest absolute Gasteiger partial charge is 0.316 e. The Morgan fingerprint density at radius 3 is 2.80 bits per heavy atom. The molecule has 0 fully saturated rings. The first kappa shape index (κ1) is 9.43. The summed E-state index contributed by atoms with van der Waals surface area (Å²) in [4.78, 5) is 10.6. The first-order valence-corrected chi connectivity index (χ1v) is 5.98. The summed E-state index contributed by atoms with van der Waals surface area (Å²) in [7, 11) is -1.20. The molecule has 0 heterocycles. The summed E-state index contributed by atoms with van der Waals surface area (Å²) in [6.45, 7) is 7.43. The Kier molecular flexibility index (Phi) is 4.93. The van der Waals surface area contributed by atoms with Gasteiger partial charge in [-0.2, -0.15) is 0 Å². The third-order valence-electron chi connectivity index (χ3n) is 1.18. The second-order valence-electron chi connectivity index (χ2n) is 2.24. The molecule has 0 aliphatic heterocycles. The molecule has 0 aromatic carbocycles. The van der Waals surface area contributed by atoms with Crippen molar-refractivity contribution in [2.45, 2.75) is 25.9 Å². The molecule has 0 saturated heterocycles. The second-order valence-corrected chi connectivity index (χ2v) is 4.67. The minimum Gasteiger partial charge on any atom is -0.519 e. The fourth-order valence-corrected chi connectivity index (χ4v) is 2.14. The average molecular weight is 158 g/mol. The van der Waals surface area contributed by atoms with Gasteiger partial charge in [0.25, 0.3) is 0 Å². The van der Waals surface area contributed by atoms with Crippen LogP contribution in [0.4, 0.5) is 0 Å². The topological polar surface area (TPSA) is 26.3 Å². The van der Waals surface area contributed by atoms with Crippen molar-refractivity contribution in [2.24, 2.45) is 0 Å². The quantitative estimate of drug-likeness (QED) is 0.457. The van der Waals surface area contributed by atoms with E-state index in [1.54, 1.807) is 0 Å². The van der Waals surface area contributed by atoms with E-state index in [1.807, 2.05) is 6.55 Å². The highest BCUT2D eigenvalue weighted by molar-refractivity contribution is 6.52. The van der Waals surface area contributed by atoms with E-state index in [0.717, 1.165) is 12.5 Å². The molecule has 1 unspecified atom stereocenters. The summed E-state index contributed by atoms with van der Waals surface area (Å²) in [6, 6.07) is 1.06. The Hall–Kier alpha value is -0.573. The Labute approximate surface area is 63.6 Å². The fourth-order valence-electron chi connectivity index (χ4n) is 0.712. The summed E-state index contributed by atoms with van der Waals surface area (Å²) >= 11 is 0. The molecule has 0 aromatic heterocycles. The van der Waals surface area contributed by atoms with Gasteiger partial charge in [-0.1, -0.05) is 19.9 Å². The van der Waals surface area contributed by atoms with E-state index in [-0.39, 0.29) is 5.97 Å². The minimum atomic E-state index is -1.20. The lowest BCUT2D eigenvalue weighted by Gasteiger charge is -2.07. The molecule has 0 N–H and O–H groups in total. The van der Waals surface area contributed by atoms with Crippen LogP contribution in [0.15, 0.2) is 12.7 Å². The fraction of sp³-hybridized carbons (Fsp3) is 0.571. The van der Waals surface area contributed by atoms with Crippen LogP contribution in [0.3, 0.4) is 0 Å². The van der Waals surface area contributed by atoms with Crippen molar-refractivity contribution in [2.75, 3.05) is 0 Å². The number of carbonyl (C=O) groups is 1. The average Bonchev–Trinajstić information content (AvgIpc) is 1.88. The van der Waals surface area contributed by atoms with Gasteiger partial charge < -0.3 is 4.43 Å². The van der Waals surface area contributed by atoms with Crippen molar-refractivity contribution in [1.82, 2.24) is 0 Å². The van der Waals surface area contributed by atoms with Gasteiger partial charge in [0, 0.05) is 6.08 Å². The van der Waals surface area contributed by atoms with Crippen molar-refractivity contribution in [3.05, 3.63) is 12.7 Å². The lowest BCUT2D eigenvalue weighted by Crippen LogP contribution is -2.16. The van der Waals surface area contributed by atoms with Crippen molar-refractivity contribution < 1.29 is 9.22 Å². The van der Waals surface area contributed by atoms with Crippen molar-refractivity contribution >= 4 is 15.0 Å². The van der Waals surface area contributed by atoms with Crippen LogP contribution >= 0.6 is 0 Å². The Morgan fingerprint density at radius 1 is 1.80 bits per heavy atom. The van der Waals surface area contributed by atoms with E-state index in [0.29, 0.717) is 0 Å². The molecule has 1 atom stereocenters. The molecule has 3 heteroatoms. The van der Waals surface area contributed by atoms with E-state index in [2.05, 4.69) is 13.5 Å². The third kappa shape index (κ3) is 4.32. The Bertz CT molecular complexity index is 123. The van der Waals surface area contributed by atoms with E-state index in [9.17, 15) is 4.79 Å². The van der Waals surface area contributed by atoms with Crippen LogP contribution in [0.25, 0.3) is 0 Å². The standard InChI is InChI=1S/C7H14O2Si/c1-4-6-10(3)9-7(8)5-2/h5,10H,2,4,6H2,1,3H3. The molecule has 2 nitrogen and oxygen atoms in total. The van der Waals surface area contributed by atoms with Crippen LogP contribution in [-0.2, 0) is 9.22 Å². The zero-order valence-corrected chi connectivity index (χ0v) is 7.75. The number of carbonyl (C=O) groups excluding carboxylic acids is 1. The van der Waals surface area contributed by atoms with Gasteiger partial charge in [0.2, 0.25) is 9.04 Å². The normalized spacial score (nSPS) is 12.2. The van der Waals surface area contributed by atoms with E-state index in [1.165, 1.54) is 6.08 Å². The van der Waals surface area contributed by atoms with Crippen LogP contribution in [0, 0.1) is 0 Å². The molecule has 0 radical (unpaired) electrons. The summed E-state index contributed by atoms with van der Waals surface area (Å²) < 4.78 is 5.02. The van der Waals surface area contributed by atoms with Gasteiger partial charge in [-0.3, -0.25) is 0 Å². The van der Waals surface area contributed by atoms with Crippen molar-refractivity contribution in [1.29, 1.82) is 0 Å². The minimum absolute atomic E-state index is 0.271. The summed E-state index contributed by atoms with van der Waals surface area (Å²) in [5.74, 6) is -0.271. The van der Waals surface area contributed by atoms with Gasteiger partial charge in [-0.05, 0) is 12.6 Å². The van der Waals surface area contributed by atoms with E-state index in [4.69, 9.17) is 4.43 Å². The first-order valence-electron chi connectivity index (χ1n) is 3.53. The van der Waals surface area contributed by atoms with E-state index < -0.39 is 9.04 Å². The summed E-state index contributed by atoms with van der Waals surface area (Å²) in [6.07, 6.45) is 2.32. The lowest BCUT2D eigenvalue weighted by atomic mass is 10.6. The highest BCUT2D eigenvalue weighted by Crippen LogP contribution is 1.98. The van der Waals surface area contributed by atoms with Gasteiger partial charge in [0.05, 0.1) is 0 Å². The molecule has 10 heavy (non-hydrogen) atoms. The molecule has 0 rings (SSSR count). The second kappa shape index (κ2) is 5.23. The number of hydrogen-bond donors (Lipinski definition) is 0. The van der Waals surface area contributed by atoms with Crippen LogP contribution in [0.1, 0.15) is 13.3 Å². The van der Waals surface area contributed by atoms with Gasteiger partial charge >= 0.3 is 5.97 Å². The lowest BCUT2D eigenvalue weighted by molar-refractivity contribution is -0.129. The molecule has 0 aromatic rings. The van der Waals surface area contributed by atoms with Gasteiger partial charge in [-0.15, -0.1) is 0 Å². The summed E-state index contributed by atoms with van der Waals surface area (Å²) in [5.41, 5.74) is 0. The van der Waals surface area contributed by atoms with Gasteiger partial charge in [-0.25, -0.2) is 4.79 Å². The highest BCUT2D eigenvalue weighted by atomic mass is 28.3. The largest absolute Gasteiger partial charge is 0.519 e. The molecule has 0 bridgehead atoms. The Morgan fingerprint density at radius 2 is 2.40 bits per heavy atom. The van der Waals surface area contributed by atoms with Crippen LogP contribution in [-0.4, -0.2) is 15.0 Å². The monoisotopic (exact) mass is 158 g/mol. The van der Waals surface area contributed by atoms with Crippen LogP contribution < -0.4 is 0 Å². The van der Waals surface area contributed by atoms with Crippen LogP contribution in [0.2, 0.25) is 12.6 Å². The van der Waals surface area contributed by atoms with E-state index >= 15 is 0 Å². The predicted octanol–water partition coefficient (Wildman–Crippen LogP) is 1.48. The molecule has 58 valence electrons. The zero-order chi connectivity index (χ0) is 7.98. The molecule has 0 aliphatic carbocycles. The first-order chi connectivity index (χ1) is 4.70. The number of rotatable bonds is 4. The maximum Gasteiger partial charge on any atom is 0.316 e. The van der Waals surface area contributed by atoms with Crippen molar-refractivity contribution in [3.63, 3.8) is 0 Å². The molecule has 0 saturated carbocycles. The summed E-state index contributed by atoms with van der Waals surface area (Å²) in [5, 5.41) is 0. The third-order valence-corrected chi connectivity index (χ3v) is 3.20. The maximum atomic E-state index is 10.6. The van der Waals surface area contributed by atoms with Crippen molar-refractivity contribution in [3.8, 4) is 0 Å². The van der Waals surface area contributed by atoms with Gasteiger partial charge in [0.1, 0.15) is 0 Å². The Balaban J connectivity index is 3.46. The van der Waals surface area contributed by atoms with Gasteiger partial charge in [0.15, 0.2) is 0 Å². The number of hydrogen-bond acceptors (Lipinski definition) is 2. The molecule has 0 spiro atoms. The molecular weight excluding hydrogens is 144 g/mol. The zero-order valence-electron chi connectivity index (χ0n) is 6.59. The SMILES string of the molecule is C=CC(=O)O[SiH](C)CCC. The predicted molar refractivity (Wildman–Crippen MR) is 44.4 cm³/mol. The van der Waals surface area contributed by atoms with Crippen LogP contribution in [0.5, 0.6) is 0 Å².